The smallest absolute Gasteiger partial charge is 0.0947 e. The van der Waals surface area contributed by atoms with Crippen molar-refractivity contribution in [3.8, 4) is 0 Å². The summed E-state index contributed by atoms with van der Waals surface area (Å²) in [5, 5.41) is 0. The first-order valence-corrected chi connectivity index (χ1v) is 8.72. The standard InChI is InChI=1S/C19H25N3O/c1-4-17(12-20-8-1)14-22-10-3-7-19(22)6-2-9-21(16-19)13-18-5-11-23-15-18/h1,4-5,8,11-12,15H,2-3,6-7,9-10,13-14,16H2. The Morgan fingerprint density at radius 3 is 2.78 bits per heavy atom. The Labute approximate surface area is 138 Å². The first-order valence-electron chi connectivity index (χ1n) is 8.72. The molecule has 2 aliphatic heterocycles. The van der Waals surface area contributed by atoms with Gasteiger partial charge in [0.15, 0.2) is 0 Å². The van der Waals surface area contributed by atoms with Crippen LogP contribution >= 0.6 is 0 Å². The fraction of sp³-hybridized carbons (Fsp3) is 0.526. The van der Waals surface area contributed by atoms with Gasteiger partial charge in [-0.1, -0.05) is 6.07 Å². The summed E-state index contributed by atoms with van der Waals surface area (Å²) in [6.45, 7) is 5.65. The van der Waals surface area contributed by atoms with Gasteiger partial charge in [0.1, 0.15) is 0 Å². The number of furan rings is 1. The number of hydrogen-bond donors (Lipinski definition) is 0. The van der Waals surface area contributed by atoms with Gasteiger partial charge < -0.3 is 4.42 Å². The quantitative estimate of drug-likeness (QED) is 0.867. The molecule has 0 aromatic carbocycles. The number of piperidine rings is 1. The van der Waals surface area contributed by atoms with Crippen molar-refractivity contribution in [3.05, 3.63) is 54.2 Å². The molecule has 0 saturated carbocycles. The molecule has 122 valence electrons. The summed E-state index contributed by atoms with van der Waals surface area (Å²) >= 11 is 0. The summed E-state index contributed by atoms with van der Waals surface area (Å²) in [6.07, 6.45) is 12.8. The number of nitrogens with zero attached hydrogens (tertiary/aromatic N) is 3. The lowest BCUT2D eigenvalue weighted by molar-refractivity contribution is 0.0327. The molecule has 1 atom stereocenters. The molecule has 4 heteroatoms. The summed E-state index contributed by atoms with van der Waals surface area (Å²) in [4.78, 5) is 9.60. The highest BCUT2D eigenvalue weighted by atomic mass is 16.3. The van der Waals surface area contributed by atoms with Crippen LogP contribution < -0.4 is 0 Å². The van der Waals surface area contributed by atoms with Crippen molar-refractivity contribution in [1.29, 1.82) is 0 Å². The number of pyridine rings is 1. The Morgan fingerprint density at radius 2 is 2.00 bits per heavy atom. The maximum atomic E-state index is 5.23. The lowest BCUT2D eigenvalue weighted by Gasteiger charge is -2.46. The molecule has 0 aliphatic carbocycles. The predicted molar refractivity (Wildman–Crippen MR) is 89.8 cm³/mol. The van der Waals surface area contributed by atoms with Gasteiger partial charge in [-0.3, -0.25) is 14.8 Å². The van der Waals surface area contributed by atoms with Crippen LogP contribution in [0.25, 0.3) is 0 Å². The van der Waals surface area contributed by atoms with Crippen LogP contribution in [0.4, 0.5) is 0 Å². The number of rotatable bonds is 4. The zero-order chi connectivity index (χ0) is 15.5. The van der Waals surface area contributed by atoms with Crippen LogP contribution in [0.3, 0.4) is 0 Å². The first kappa shape index (κ1) is 14.9. The monoisotopic (exact) mass is 311 g/mol. The van der Waals surface area contributed by atoms with Crippen LogP contribution in [0.15, 0.2) is 47.5 Å². The van der Waals surface area contributed by atoms with E-state index in [1.807, 2.05) is 24.7 Å². The van der Waals surface area contributed by atoms with Crippen LogP contribution in [-0.4, -0.2) is 40.0 Å². The van der Waals surface area contributed by atoms with Crippen molar-refractivity contribution in [3.63, 3.8) is 0 Å². The van der Waals surface area contributed by atoms with E-state index in [0.29, 0.717) is 5.54 Å². The molecule has 0 bridgehead atoms. The fourth-order valence-electron chi connectivity index (χ4n) is 4.40. The Kier molecular flexibility index (Phi) is 4.19. The van der Waals surface area contributed by atoms with Crippen molar-refractivity contribution in [2.45, 2.75) is 44.3 Å². The number of hydrogen-bond acceptors (Lipinski definition) is 4. The van der Waals surface area contributed by atoms with Crippen molar-refractivity contribution < 1.29 is 4.42 Å². The minimum Gasteiger partial charge on any atom is -0.472 e. The highest BCUT2D eigenvalue weighted by molar-refractivity contribution is 5.12. The third-order valence-electron chi connectivity index (χ3n) is 5.46. The molecule has 4 rings (SSSR count). The van der Waals surface area contributed by atoms with Gasteiger partial charge in [0.25, 0.3) is 0 Å². The van der Waals surface area contributed by atoms with Gasteiger partial charge in [0.05, 0.1) is 12.5 Å². The zero-order valence-corrected chi connectivity index (χ0v) is 13.7. The van der Waals surface area contributed by atoms with Gasteiger partial charge in [0, 0.05) is 43.1 Å². The second-order valence-electron chi connectivity index (χ2n) is 7.06. The lowest BCUT2D eigenvalue weighted by atomic mass is 9.86. The second-order valence-corrected chi connectivity index (χ2v) is 7.06. The molecule has 2 aromatic heterocycles. The van der Waals surface area contributed by atoms with Crippen LogP contribution in [0.5, 0.6) is 0 Å². The van der Waals surface area contributed by atoms with E-state index in [1.54, 1.807) is 6.26 Å². The molecule has 1 spiro atoms. The third kappa shape index (κ3) is 3.19. The number of likely N-dealkylation sites (tertiary alicyclic amines) is 2. The minimum atomic E-state index is 0.359. The highest BCUT2D eigenvalue weighted by Gasteiger charge is 2.43. The first-order chi connectivity index (χ1) is 11.3. The second kappa shape index (κ2) is 6.46. The van der Waals surface area contributed by atoms with Crippen LogP contribution in [0.1, 0.15) is 36.8 Å². The Balaban J connectivity index is 1.47. The minimum absolute atomic E-state index is 0.359. The molecule has 2 saturated heterocycles. The Bertz CT molecular complexity index is 613. The van der Waals surface area contributed by atoms with Crippen molar-refractivity contribution in [2.75, 3.05) is 19.6 Å². The summed E-state index contributed by atoms with van der Waals surface area (Å²) in [5.41, 5.74) is 2.98. The van der Waals surface area contributed by atoms with E-state index >= 15 is 0 Å². The summed E-state index contributed by atoms with van der Waals surface area (Å²) in [5.74, 6) is 0. The molecule has 4 heterocycles. The molecule has 23 heavy (non-hydrogen) atoms. The zero-order valence-electron chi connectivity index (χ0n) is 13.7. The average molecular weight is 311 g/mol. The SMILES string of the molecule is c1cncc(CN2CCCC23CCCN(Cc2ccoc2)C3)c1. The van der Waals surface area contributed by atoms with Gasteiger partial charge in [-0.25, -0.2) is 0 Å². The van der Waals surface area contributed by atoms with Crippen molar-refractivity contribution in [1.82, 2.24) is 14.8 Å². The highest BCUT2D eigenvalue weighted by Crippen LogP contribution is 2.38. The molecule has 2 fully saturated rings. The molecule has 1 unspecified atom stereocenters. The Morgan fingerprint density at radius 1 is 1.09 bits per heavy atom. The molecule has 0 radical (unpaired) electrons. The maximum Gasteiger partial charge on any atom is 0.0947 e. The summed E-state index contributed by atoms with van der Waals surface area (Å²) in [6, 6.07) is 6.33. The van der Waals surface area contributed by atoms with E-state index in [0.717, 1.165) is 13.1 Å². The van der Waals surface area contributed by atoms with E-state index in [1.165, 1.54) is 56.4 Å². The predicted octanol–water partition coefficient (Wildman–Crippen LogP) is 3.31. The van der Waals surface area contributed by atoms with E-state index in [4.69, 9.17) is 4.42 Å². The van der Waals surface area contributed by atoms with Gasteiger partial charge in [0.2, 0.25) is 0 Å². The molecular formula is C19H25N3O. The topological polar surface area (TPSA) is 32.5 Å². The van der Waals surface area contributed by atoms with E-state index < -0.39 is 0 Å². The van der Waals surface area contributed by atoms with E-state index in [2.05, 4.69) is 26.9 Å². The average Bonchev–Trinajstić information content (AvgIpc) is 3.20. The van der Waals surface area contributed by atoms with Crippen LogP contribution in [-0.2, 0) is 13.1 Å². The normalized spacial score (nSPS) is 26.1. The number of aromatic nitrogens is 1. The molecule has 2 aliphatic rings. The molecule has 2 aromatic rings. The van der Waals surface area contributed by atoms with Gasteiger partial charge in [-0.2, -0.15) is 0 Å². The maximum absolute atomic E-state index is 5.23. The van der Waals surface area contributed by atoms with Crippen molar-refractivity contribution >= 4 is 0 Å². The van der Waals surface area contributed by atoms with Crippen molar-refractivity contribution in [2.24, 2.45) is 0 Å². The van der Waals surface area contributed by atoms with Gasteiger partial charge >= 0.3 is 0 Å². The lowest BCUT2D eigenvalue weighted by Crippen LogP contribution is -2.55. The molecule has 0 amide bonds. The molecular weight excluding hydrogens is 286 g/mol. The molecule has 4 nitrogen and oxygen atoms in total. The van der Waals surface area contributed by atoms with Gasteiger partial charge in [-0.05, 0) is 56.5 Å². The summed E-state index contributed by atoms with van der Waals surface area (Å²) < 4.78 is 5.23. The fourth-order valence-corrected chi connectivity index (χ4v) is 4.40. The van der Waals surface area contributed by atoms with E-state index in [-0.39, 0.29) is 0 Å². The third-order valence-corrected chi connectivity index (χ3v) is 5.46. The Hall–Kier alpha value is -1.65. The van der Waals surface area contributed by atoms with Crippen LogP contribution in [0.2, 0.25) is 0 Å². The largest absolute Gasteiger partial charge is 0.472 e. The van der Waals surface area contributed by atoms with Gasteiger partial charge in [-0.15, -0.1) is 0 Å². The molecule has 0 N–H and O–H groups in total. The van der Waals surface area contributed by atoms with E-state index in [9.17, 15) is 0 Å². The summed E-state index contributed by atoms with van der Waals surface area (Å²) in [7, 11) is 0. The van der Waals surface area contributed by atoms with Crippen LogP contribution in [0, 0.1) is 0 Å².